The zero-order valence-electron chi connectivity index (χ0n) is 41.0. The van der Waals surface area contributed by atoms with Crippen molar-refractivity contribution in [3.8, 4) is 0 Å². The standard InChI is InChI=1S/2C27H45FO4/c2*1-18(7-5-13-25(2,3)31)21-11-12-22-20(8-6-14-26(21,22)4)10-9-19-15-23(29)27(32,17-28)24(30)16-19/h2*9-10,18,21-24,29-32H,5-8,11-17H2,1-4H3/b2*19-9?,20-10+/t2*18-,21?,22?,23+,24+,26?,27?/m00/s1. The Kier molecular flexibility index (Phi) is 17.9. The largest absolute Gasteiger partial charge is 0.390 e. The fourth-order valence-corrected chi connectivity index (χ4v) is 13.9. The molecule has 6 fully saturated rings. The molecule has 8 nitrogen and oxygen atoms in total. The van der Waals surface area contributed by atoms with Gasteiger partial charge in [-0.15, -0.1) is 0 Å². The van der Waals surface area contributed by atoms with Gasteiger partial charge >= 0.3 is 0 Å². The second-order valence-electron chi connectivity index (χ2n) is 23.8. The molecule has 8 N–H and O–H groups in total. The summed E-state index contributed by atoms with van der Waals surface area (Å²) in [6.45, 7) is 15.0. The number of aliphatic hydroxyl groups excluding tert-OH is 4. The van der Waals surface area contributed by atoms with Gasteiger partial charge in [-0.2, -0.15) is 0 Å². The number of hydrogen-bond donors (Lipinski definition) is 8. The van der Waals surface area contributed by atoms with Crippen molar-refractivity contribution in [3.05, 3.63) is 46.6 Å². The zero-order chi connectivity index (χ0) is 47.5. The van der Waals surface area contributed by atoms with Crippen molar-refractivity contribution >= 4 is 0 Å². The number of hydrogen-bond acceptors (Lipinski definition) is 8. The predicted octanol–water partition coefficient (Wildman–Crippen LogP) is 9.70. The van der Waals surface area contributed by atoms with Gasteiger partial charge in [-0.3, -0.25) is 0 Å². The molecule has 6 unspecified atom stereocenters. The lowest BCUT2D eigenvalue weighted by molar-refractivity contribution is -0.165. The first-order valence-electron chi connectivity index (χ1n) is 25.3. The van der Waals surface area contributed by atoms with E-state index in [2.05, 4.69) is 39.8 Å². The molecule has 0 aromatic heterocycles. The van der Waals surface area contributed by atoms with Gasteiger partial charge in [0.05, 0.1) is 35.6 Å². The second kappa shape index (κ2) is 21.4. The molecule has 0 saturated heterocycles. The first-order chi connectivity index (χ1) is 29.8. The van der Waals surface area contributed by atoms with Crippen LogP contribution in [0.3, 0.4) is 0 Å². The molecule has 6 aliphatic rings. The predicted molar refractivity (Wildman–Crippen MR) is 252 cm³/mol. The number of halogens is 2. The van der Waals surface area contributed by atoms with E-state index in [4.69, 9.17) is 0 Å². The lowest BCUT2D eigenvalue weighted by atomic mass is 9.60. The minimum atomic E-state index is -2.05. The van der Waals surface area contributed by atoms with Crippen molar-refractivity contribution in [2.24, 2.45) is 46.3 Å². The van der Waals surface area contributed by atoms with Crippen LogP contribution in [0.4, 0.5) is 8.78 Å². The van der Waals surface area contributed by atoms with Gasteiger partial charge in [0.25, 0.3) is 0 Å². The maximum atomic E-state index is 13.2. The number of rotatable bonds is 14. The minimum absolute atomic E-state index is 0.198. The van der Waals surface area contributed by atoms with Gasteiger partial charge in [0, 0.05) is 0 Å². The summed E-state index contributed by atoms with van der Waals surface area (Å²) in [6.07, 6.45) is 22.2. The van der Waals surface area contributed by atoms with E-state index in [0.29, 0.717) is 46.3 Å². The molecule has 0 heterocycles. The van der Waals surface area contributed by atoms with E-state index in [1.807, 2.05) is 39.8 Å². The quantitative estimate of drug-likeness (QED) is 0.0855. The normalized spacial score (nSPS) is 40.4. The van der Waals surface area contributed by atoms with Crippen LogP contribution in [0.15, 0.2) is 46.6 Å². The smallest absolute Gasteiger partial charge is 0.145 e. The third-order valence-electron chi connectivity index (χ3n) is 18.0. The van der Waals surface area contributed by atoms with Gasteiger partial charge in [-0.1, -0.05) is 100.0 Å². The van der Waals surface area contributed by atoms with Crippen LogP contribution >= 0.6 is 0 Å². The minimum Gasteiger partial charge on any atom is -0.390 e. The summed E-state index contributed by atoms with van der Waals surface area (Å²) in [5, 5.41) is 81.1. The van der Waals surface area contributed by atoms with E-state index < -0.39 is 60.2 Å². The fraction of sp³-hybridized carbons (Fsp3) is 0.852. The molecular weight excluding hydrogens is 815 g/mol. The molecule has 368 valence electrons. The van der Waals surface area contributed by atoms with Gasteiger partial charge in [0.1, 0.15) is 24.6 Å². The van der Waals surface area contributed by atoms with Crippen LogP contribution in [0.2, 0.25) is 0 Å². The molecule has 0 amide bonds. The Balaban J connectivity index is 0.000000241. The first kappa shape index (κ1) is 53.5. The van der Waals surface area contributed by atoms with E-state index in [-0.39, 0.29) is 25.7 Å². The zero-order valence-corrected chi connectivity index (χ0v) is 41.0. The molecule has 10 heteroatoms. The first-order valence-corrected chi connectivity index (χ1v) is 25.3. The van der Waals surface area contributed by atoms with E-state index in [9.17, 15) is 49.6 Å². The van der Waals surface area contributed by atoms with Crippen molar-refractivity contribution < 1.29 is 49.6 Å². The Morgan fingerprint density at radius 1 is 0.578 bits per heavy atom. The van der Waals surface area contributed by atoms with Gasteiger partial charge in [-0.05, 0) is 177 Å². The molecule has 0 aromatic rings. The Morgan fingerprint density at radius 2 is 0.906 bits per heavy atom. The van der Waals surface area contributed by atoms with Crippen LogP contribution in [0.1, 0.15) is 184 Å². The van der Waals surface area contributed by atoms with Crippen molar-refractivity contribution in [3.63, 3.8) is 0 Å². The van der Waals surface area contributed by atoms with Crippen LogP contribution in [-0.2, 0) is 0 Å². The average molecular weight is 905 g/mol. The second-order valence-corrected chi connectivity index (χ2v) is 23.8. The number of alkyl halides is 2. The number of allylic oxidation sites excluding steroid dienone is 6. The van der Waals surface area contributed by atoms with Crippen LogP contribution in [-0.4, -0.2) is 101 Å². The summed E-state index contributed by atoms with van der Waals surface area (Å²) in [5.41, 5.74) is 0.0116. The summed E-state index contributed by atoms with van der Waals surface area (Å²) >= 11 is 0. The maximum Gasteiger partial charge on any atom is 0.145 e. The topological polar surface area (TPSA) is 162 Å². The van der Waals surface area contributed by atoms with Crippen molar-refractivity contribution in [1.29, 1.82) is 0 Å². The lowest BCUT2D eigenvalue weighted by Crippen LogP contribution is -2.57. The molecule has 12 atom stereocenters. The van der Waals surface area contributed by atoms with Gasteiger partial charge < -0.3 is 40.9 Å². The molecule has 0 radical (unpaired) electrons. The van der Waals surface area contributed by atoms with E-state index >= 15 is 0 Å². The Morgan fingerprint density at radius 3 is 1.20 bits per heavy atom. The highest BCUT2D eigenvalue weighted by Crippen LogP contribution is 2.61. The molecule has 6 rings (SSSR count). The van der Waals surface area contributed by atoms with Crippen LogP contribution < -0.4 is 0 Å². The van der Waals surface area contributed by atoms with Gasteiger partial charge in [-0.25, -0.2) is 8.78 Å². The summed E-state index contributed by atoms with van der Waals surface area (Å²) < 4.78 is 26.4. The van der Waals surface area contributed by atoms with E-state index in [1.165, 1.54) is 62.5 Å². The molecule has 6 saturated carbocycles. The summed E-state index contributed by atoms with van der Waals surface area (Å²) in [6, 6.07) is 0. The molecule has 64 heavy (non-hydrogen) atoms. The molecule has 6 aliphatic carbocycles. The number of fused-ring (bicyclic) bond motifs is 2. The molecular formula is C54H90F2O8. The fourth-order valence-electron chi connectivity index (χ4n) is 13.9. The molecule has 0 aromatic carbocycles. The van der Waals surface area contributed by atoms with Crippen LogP contribution in [0, 0.1) is 46.3 Å². The summed E-state index contributed by atoms with van der Waals surface area (Å²) in [7, 11) is 0. The molecule has 0 bridgehead atoms. The number of aliphatic hydroxyl groups is 8. The summed E-state index contributed by atoms with van der Waals surface area (Å²) in [5.74, 6) is 3.82. The van der Waals surface area contributed by atoms with Crippen LogP contribution in [0.25, 0.3) is 0 Å². The van der Waals surface area contributed by atoms with E-state index in [0.717, 1.165) is 62.5 Å². The lowest BCUT2D eigenvalue weighted by Gasteiger charge is -2.44. The Hall–Kier alpha value is -1.50. The third kappa shape index (κ3) is 12.2. The Bertz CT molecular complexity index is 1510. The third-order valence-corrected chi connectivity index (χ3v) is 18.0. The average Bonchev–Trinajstić information content (AvgIpc) is 3.76. The van der Waals surface area contributed by atoms with Crippen molar-refractivity contribution in [2.45, 2.75) is 231 Å². The Labute approximate surface area is 385 Å². The van der Waals surface area contributed by atoms with E-state index in [1.54, 1.807) is 0 Å². The highest BCUT2D eigenvalue weighted by molar-refractivity contribution is 5.29. The van der Waals surface area contributed by atoms with Crippen LogP contribution in [0.5, 0.6) is 0 Å². The van der Waals surface area contributed by atoms with Crippen molar-refractivity contribution in [1.82, 2.24) is 0 Å². The maximum absolute atomic E-state index is 13.2. The summed E-state index contributed by atoms with van der Waals surface area (Å²) in [4.78, 5) is 0. The molecule has 0 spiro atoms. The SMILES string of the molecule is C[C@@H](CCCC(C)(C)O)C1CCC2/C(=C/C=C3C[C@@H](O)C(O)(CF)[C@H](O)C3)CCCC21C.C[C@@H](CCCC(C)(C)O)C1CCC2/C(=C/C=C3C[C@@H](O)C(O)(CF)[C@H](O)C3)CCCC21C. The monoisotopic (exact) mass is 905 g/mol. The highest BCUT2D eigenvalue weighted by Gasteiger charge is 2.53. The van der Waals surface area contributed by atoms with Crippen molar-refractivity contribution in [2.75, 3.05) is 13.3 Å². The molecule has 0 aliphatic heterocycles. The highest BCUT2D eigenvalue weighted by atomic mass is 19.1. The van der Waals surface area contributed by atoms with Gasteiger partial charge in [0.15, 0.2) is 0 Å². The van der Waals surface area contributed by atoms with Gasteiger partial charge in [0.2, 0.25) is 0 Å².